The van der Waals surface area contributed by atoms with Crippen LogP contribution in [0.1, 0.15) is 53.7 Å². The minimum absolute atomic E-state index is 0.0935. The van der Waals surface area contributed by atoms with Gasteiger partial charge in [-0.15, -0.1) is 0 Å². The zero-order valence-corrected chi connectivity index (χ0v) is 16.6. The van der Waals surface area contributed by atoms with Crippen molar-refractivity contribution < 1.29 is 9.18 Å². The van der Waals surface area contributed by atoms with Gasteiger partial charge in [-0.2, -0.15) is 0 Å². The molecule has 4 rings (SSSR count). The van der Waals surface area contributed by atoms with Crippen molar-refractivity contribution in [1.82, 2.24) is 9.47 Å². The average Bonchev–Trinajstić information content (AvgIpc) is 3.19. The molecule has 0 spiro atoms. The van der Waals surface area contributed by atoms with Gasteiger partial charge in [-0.1, -0.05) is 49.6 Å². The molecular weight excluding hydrogens is 363 g/mol. The van der Waals surface area contributed by atoms with Crippen LogP contribution in [-0.4, -0.2) is 21.4 Å². The summed E-state index contributed by atoms with van der Waals surface area (Å²) in [6.45, 7) is 1.17. The quantitative estimate of drug-likeness (QED) is 0.534. The fourth-order valence-corrected chi connectivity index (χ4v) is 4.26. The number of carbonyl (C=O) groups is 1. The molecular formula is C25H27FN2O. The summed E-state index contributed by atoms with van der Waals surface area (Å²) in [5.41, 5.74) is 2.73. The highest BCUT2D eigenvalue weighted by molar-refractivity contribution is 5.94. The number of nitrogens with zero attached hydrogens (tertiary/aromatic N) is 2. The molecule has 0 saturated heterocycles. The standard InChI is InChI=1S/C25H27FN2O/c26-22-12-7-9-20(17-22)18-27-16-8-15-24(27)19-28(23-13-5-2-6-14-23)25(29)21-10-3-1-4-11-21/h1,3-4,7-12,15-17,23H,2,5-6,13-14,18-19H2. The molecule has 0 bridgehead atoms. The van der Waals surface area contributed by atoms with Crippen molar-refractivity contribution in [2.75, 3.05) is 0 Å². The van der Waals surface area contributed by atoms with E-state index in [9.17, 15) is 9.18 Å². The Bertz CT molecular complexity index is 944. The molecule has 1 fully saturated rings. The minimum Gasteiger partial charge on any atom is -0.345 e. The highest BCUT2D eigenvalue weighted by atomic mass is 19.1. The molecule has 150 valence electrons. The van der Waals surface area contributed by atoms with Gasteiger partial charge in [0.05, 0.1) is 6.54 Å². The molecule has 2 aromatic carbocycles. The Balaban J connectivity index is 1.58. The average molecular weight is 391 g/mol. The van der Waals surface area contributed by atoms with Crippen LogP contribution in [0, 0.1) is 5.82 Å². The van der Waals surface area contributed by atoms with Gasteiger partial charge in [-0.25, -0.2) is 4.39 Å². The number of benzene rings is 2. The first-order valence-corrected chi connectivity index (χ1v) is 10.5. The Morgan fingerprint density at radius 2 is 1.76 bits per heavy atom. The van der Waals surface area contributed by atoms with Gasteiger partial charge in [-0.3, -0.25) is 4.79 Å². The predicted molar refractivity (Wildman–Crippen MR) is 113 cm³/mol. The van der Waals surface area contributed by atoms with Crippen molar-refractivity contribution in [2.24, 2.45) is 0 Å². The third kappa shape index (κ3) is 4.76. The lowest BCUT2D eigenvalue weighted by Gasteiger charge is -2.35. The van der Waals surface area contributed by atoms with E-state index in [0.29, 0.717) is 13.1 Å². The molecule has 0 atom stereocenters. The van der Waals surface area contributed by atoms with E-state index < -0.39 is 0 Å². The maximum absolute atomic E-state index is 13.6. The fraction of sp³-hybridized carbons (Fsp3) is 0.320. The van der Waals surface area contributed by atoms with Crippen molar-refractivity contribution in [2.45, 2.75) is 51.2 Å². The normalized spacial score (nSPS) is 14.7. The van der Waals surface area contributed by atoms with Crippen LogP contribution < -0.4 is 0 Å². The summed E-state index contributed by atoms with van der Waals surface area (Å²) < 4.78 is 15.7. The van der Waals surface area contributed by atoms with Crippen LogP contribution in [0.3, 0.4) is 0 Å². The molecule has 0 N–H and O–H groups in total. The maximum Gasteiger partial charge on any atom is 0.254 e. The molecule has 1 saturated carbocycles. The molecule has 29 heavy (non-hydrogen) atoms. The summed E-state index contributed by atoms with van der Waals surface area (Å²) in [6.07, 6.45) is 7.72. The first kappa shape index (κ1) is 19.4. The van der Waals surface area contributed by atoms with E-state index in [2.05, 4.69) is 10.6 Å². The molecule has 0 unspecified atom stereocenters. The lowest BCUT2D eigenvalue weighted by atomic mass is 9.93. The highest BCUT2D eigenvalue weighted by Crippen LogP contribution is 2.26. The fourth-order valence-electron chi connectivity index (χ4n) is 4.26. The predicted octanol–water partition coefficient (Wildman–Crippen LogP) is 5.65. The van der Waals surface area contributed by atoms with E-state index in [0.717, 1.165) is 29.7 Å². The van der Waals surface area contributed by atoms with Crippen molar-refractivity contribution in [3.05, 3.63) is 95.6 Å². The van der Waals surface area contributed by atoms with E-state index in [1.807, 2.05) is 53.6 Å². The van der Waals surface area contributed by atoms with Gasteiger partial charge in [-0.05, 0) is 54.8 Å². The Hall–Kier alpha value is -2.88. The molecule has 1 aliphatic rings. The Labute approximate surface area is 171 Å². The summed E-state index contributed by atoms with van der Waals surface area (Å²) >= 11 is 0. The smallest absolute Gasteiger partial charge is 0.254 e. The molecule has 1 heterocycles. The molecule has 1 aromatic heterocycles. The van der Waals surface area contributed by atoms with E-state index in [1.54, 1.807) is 12.1 Å². The summed E-state index contributed by atoms with van der Waals surface area (Å²) in [5, 5.41) is 0. The monoisotopic (exact) mass is 390 g/mol. The summed E-state index contributed by atoms with van der Waals surface area (Å²) in [5.74, 6) is -0.129. The summed E-state index contributed by atoms with van der Waals surface area (Å²) in [7, 11) is 0. The number of halogens is 1. The number of hydrogen-bond donors (Lipinski definition) is 0. The van der Waals surface area contributed by atoms with Gasteiger partial charge in [0.2, 0.25) is 0 Å². The zero-order chi connectivity index (χ0) is 20.1. The van der Waals surface area contributed by atoms with Gasteiger partial charge >= 0.3 is 0 Å². The van der Waals surface area contributed by atoms with E-state index in [-0.39, 0.29) is 17.8 Å². The van der Waals surface area contributed by atoms with Crippen molar-refractivity contribution in [1.29, 1.82) is 0 Å². The first-order chi connectivity index (χ1) is 14.2. The van der Waals surface area contributed by atoms with E-state index in [1.165, 1.54) is 25.3 Å². The lowest BCUT2D eigenvalue weighted by Crippen LogP contribution is -2.41. The number of carbonyl (C=O) groups excluding carboxylic acids is 1. The number of aromatic nitrogens is 1. The van der Waals surface area contributed by atoms with Gasteiger partial charge in [0.15, 0.2) is 0 Å². The second kappa shape index (κ2) is 9.08. The van der Waals surface area contributed by atoms with Crippen molar-refractivity contribution >= 4 is 5.91 Å². The van der Waals surface area contributed by atoms with Gasteiger partial charge in [0, 0.05) is 30.0 Å². The Kier molecular flexibility index (Phi) is 6.09. The molecule has 3 aromatic rings. The molecule has 4 heteroatoms. The summed E-state index contributed by atoms with van der Waals surface area (Å²) in [4.78, 5) is 15.4. The largest absolute Gasteiger partial charge is 0.345 e. The van der Waals surface area contributed by atoms with Crippen LogP contribution in [0.2, 0.25) is 0 Å². The third-order valence-electron chi connectivity index (χ3n) is 5.79. The molecule has 1 amide bonds. The SMILES string of the molecule is O=C(c1ccccc1)N(Cc1cccn1Cc1cccc(F)c1)C1CCCCC1. The van der Waals surface area contributed by atoms with Crippen molar-refractivity contribution in [3.8, 4) is 0 Å². The Morgan fingerprint density at radius 1 is 0.966 bits per heavy atom. The molecule has 3 nitrogen and oxygen atoms in total. The first-order valence-electron chi connectivity index (χ1n) is 10.5. The van der Waals surface area contributed by atoms with Crippen LogP contribution in [0.15, 0.2) is 72.9 Å². The highest BCUT2D eigenvalue weighted by Gasteiger charge is 2.27. The lowest BCUT2D eigenvalue weighted by molar-refractivity contribution is 0.0608. The second-order valence-electron chi connectivity index (χ2n) is 7.85. The van der Waals surface area contributed by atoms with E-state index in [4.69, 9.17) is 0 Å². The van der Waals surface area contributed by atoms with Gasteiger partial charge < -0.3 is 9.47 Å². The van der Waals surface area contributed by atoms with Gasteiger partial charge in [0.1, 0.15) is 5.82 Å². The second-order valence-corrected chi connectivity index (χ2v) is 7.85. The van der Waals surface area contributed by atoms with E-state index >= 15 is 0 Å². The maximum atomic E-state index is 13.6. The van der Waals surface area contributed by atoms with Crippen LogP contribution >= 0.6 is 0 Å². The number of amides is 1. The zero-order valence-electron chi connectivity index (χ0n) is 16.6. The van der Waals surface area contributed by atoms with Gasteiger partial charge in [0.25, 0.3) is 5.91 Å². The topological polar surface area (TPSA) is 25.2 Å². The number of hydrogen-bond acceptors (Lipinski definition) is 1. The summed E-state index contributed by atoms with van der Waals surface area (Å²) in [6, 6.07) is 20.6. The molecule has 0 aliphatic heterocycles. The van der Waals surface area contributed by atoms with Crippen molar-refractivity contribution in [3.63, 3.8) is 0 Å². The minimum atomic E-state index is -0.223. The molecule has 0 radical (unpaired) electrons. The van der Waals surface area contributed by atoms with Crippen LogP contribution in [0.25, 0.3) is 0 Å². The van der Waals surface area contributed by atoms with Crippen LogP contribution in [-0.2, 0) is 13.1 Å². The van der Waals surface area contributed by atoms with Crippen LogP contribution in [0.5, 0.6) is 0 Å². The van der Waals surface area contributed by atoms with Crippen LogP contribution in [0.4, 0.5) is 4.39 Å². The Morgan fingerprint density at radius 3 is 2.52 bits per heavy atom. The third-order valence-corrected chi connectivity index (χ3v) is 5.79. The number of rotatable bonds is 6. The molecule has 1 aliphatic carbocycles.